The maximum absolute atomic E-state index is 11.6. The molecule has 0 fully saturated rings. The van der Waals surface area contributed by atoms with E-state index >= 15 is 0 Å². The highest BCUT2D eigenvalue weighted by Gasteiger charge is 2.05. The molecule has 2 aromatic rings. The van der Waals surface area contributed by atoms with Crippen LogP contribution in [0.3, 0.4) is 0 Å². The van der Waals surface area contributed by atoms with Crippen molar-refractivity contribution in [2.24, 2.45) is 5.92 Å². The van der Waals surface area contributed by atoms with E-state index < -0.39 is 0 Å². The van der Waals surface area contributed by atoms with Crippen LogP contribution < -0.4 is 10.1 Å². The average molecular weight is 257 g/mol. The third kappa shape index (κ3) is 3.71. The van der Waals surface area contributed by atoms with Gasteiger partial charge >= 0.3 is 0 Å². The fourth-order valence-corrected chi connectivity index (χ4v) is 1.83. The van der Waals surface area contributed by atoms with Gasteiger partial charge in [0.2, 0.25) is 0 Å². The number of ether oxygens (including phenoxy) is 1. The van der Waals surface area contributed by atoms with Crippen molar-refractivity contribution in [1.82, 2.24) is 5.32 Å². The van der Waals surface area contributed by atoms with E-state index in [1.165, 1.54) is 0 Å². The lowest BCUT2D eigenvalue weighted by atomic mass is 10.1. The van der Waals surface area contributed by atoms with Crippen LogP contribution in [0.5, 0.6) is 5.75 Å². The Morgan fingerprint density at radius 1 is 1.16 bits per heavy atom. The molecule has 0 heterocycles. The molecular formula is C16H19NO2. The zero-order valence-corrected chi connectivity index (χ0v) is 11.3. The molecule has 0 atom stereocenters. The first kappa shape index (κ1) is 13.4. The van der Waals surface area contributed by atoms with Crippen LogP contribution in [-0.2, 0) is 4.79 Å². The predicted octanol–water partition coefficient (Wildman–Crippen LogP) is 2.99. The van der Waals surface area contributed by atoms with Gasteiger partial charge in [-0.25, -0.2) is 0 Å². The van der Waals surface area contributed by atoms with E-state index in [1.807, 2.05) is 42.5 Å². The van der Waals surface area contributed by atoms with E-state index in [0.717, 1.165) is 16.5 Å². The molecule has 0 bridgehead atoms. The molecule has 0 spiro atoms. The highest BCUT2D eigenvalue weighted by molar-refractivity contribution is 5.88. The molecule has 3 heteroatoms. The topological polar surface area (TPSA) is 38.3 Å². The largest absolute Gasteiger partial charge is 0.483 e. The first-order valence-electron chi connectivity index (χ1n) is 6.54. The first-order chi connectivity index (χ1) is 9.16. The van der Waals surface area contributed by atoms with E-state index in [9.17, 15) is 4.79 Å². The number of rotatable bonds is 5. The summed E-state index contributed by atoms with van der Waals surface area (Å²) in [6.07, 6.45) is 0. The average Bonchev–Trinajstić information content (AvgIpc) is 2.42. The molecule has 0 radical (unpaired) electrons. The Hall–Kier alpha value is -2.03. The molecule has 2 aromatic carbocycles. The van der Waals surface area contributed by atoms with Gasteiger partial charge in [0.1, 0.15) is 5.75 Å². The SMILES string of the molecule is CC(C)CNC(=O)COc1cccc2ccccc12. The normalized spacial score (nSPS) is 10.7. The molecule has 0 saturated carbocycles. The van der Waals surface area contributed by atoms with Gasteiger partial charge in [-0.1, -0.05) is 50.2 Å². The van der Waals surface area contributed by atoms with Gasteiger partial charge < -0.3 is 10.1 Å². The summed E-state index contributed by atoms with van der Waals surface area (Å²) < 4.78 is 5.60. The fraction of sp³-hybridized carbons (Fsp3) is 0.312. The fourth-order valence-electron chi connectivity index (χ4n) is 1.83. The molecule has 0 aliphatic heterocycles. The number of carbonyl (C=O) groups is 1. The molecule has 3 nitrogen and oxygen atoms in total. The summed E-state index contributed by atoms with van der Waals surface area (Å²) in [5.41, 5.74) is 0. The summed E-state index contributed by atoms with van der Waals surface area (Å²) >= 11 is 0. The quantitative estimate of drug-likeness (QED) is 0.894. The van der Waals surface area contributed by atoms with Crippen LogP contribution in [0.2, 0.25) is 0 Å². The van der Waals surface area contributed by atoms with Crippen LogP contribution in [0.15, 0.2) is 42.5 Å². The second-order valence-electron chi connectivity index (χ2n) is 4.96. The van der Waals surface area contributed by atoms with Crippen LogP contribution in [-0.4, -0.2) is 19.1 Å². The van der Waals surface area contributed by atoms with Crippen LogP contribution >= 0.6 is 0 Å². The van der Waals surface area contributed by atoms with Crippen LogP contribution in [0.4, 0.5) is 0 Å². The standard InChI is InChI=1S/C16H19NO2/c1-12(2)10-17-16(18)11-19-15-9-5-7-13-6-3-4-8-14(13)15/h3-9,12H,10-11H2,1-2H3,(H,17,18). The lowest BCUT2D eigenvalue weighted by molar-refractivity contribution is -0.123. The van der Waals surface area contributed by atoms with Crippen LogP contribution in [0.1, 0.15) is 13.8 Å². The van der Waals surface area contributed by atoms with Crippen molar-refractivity contribution in [2.75, 3.05) is 13.2 Å². The number of nitrogens with one attached hydrogen (secondary N) is 1. The Balaban J connectivity index is 2.00. The molecule has 1 N–H and O–H groups in total. The summed E-state index contributed by atoms with van der Waals surface area (Å²) in [4.78, 5) is 11.6. The van der Waals surface area contributed by atoms with Crippen molar-refractivity contribution in [3.63, 3.8) is 0 Å². The summed E-state index contributed by atoms with van der Waals surface area (Å²) in [6.45, 7) is 4.86. The monoisotopic (exact) mass is 257 g/mol. The highest BCUT2D eigenvalue weighted by atomic mass is 16.5. The van der Waals surface area contributed by atoms with E-state index in [4.69, 9.17) is 4.74 Å². The first-order valence-corrected chi connectivity index (χ1v) is 6.54. The molecular weight excluding hydrogens is 238 g/mol. The van der Waals surface area contributed by atoms with Gasteiger partial charge in [-0.15, -0.1) is 0 Å². The highest BCUT2D eigenvalue weighted by Crippen LogP contribution is 2.24. The summed E-state index contributed by atoms with van der Waals surface area (Å²) in [5, 5.41) is 4.98. The van der Waals surface area contributed by atoms with Gasteiger partial charge in [0.05, 0.1) is 0 Å². The van der Waals surface area contributed by atoms with Crippen molar-refractivity contribution in [3.8, 4) is 5.75 Å². The third-order valence-corrected chi connectivity index (χ3v) is 2.82. The summed E-state index contributed by atoms with van der Waals surface area (Å²) in [6, 6.07) is 13.8. The summed E-state index contributed by atoms with van der Waals surface area (Å²) in [7, 11) is 0. The third-order valence-electron chi connectivity index (χ3n) is 2.82. The minimum atomic E-state index is -0.0818. The second-order valence-corrected chi connectivity index (χ2v) is 4.96. The van der Waals surface area contributed by atoms with Crippen molar-refractivity contribution < 1.29 is 9.53 Å². The summed E-state index contributed by atoms with van der Waals surface area (Å²) in [5.74, 6) is 1.11. The molecule has 0 unspecified atom stereocenters. The van der Waals surface area contributed by atoms with Gasteiger partial charge in [0, 0.05) is 11.9 Å². The predicted molar refractivity (Wildman–Crippen MR) is 77.3 cm³/mol. The van der Waals surface area contributed by atoms with Gasteiger partial charge in [-0.3, -0.25) is 4.79 Å². The Labute approximate surface area is 113 Å². The van der Waals surface area contributed by atoms with Gasteiger partial charge in [0.15, 0.2) is 6.61 Å². The minimum Gasteiger partial charge on any atom is -0.483 e. The second kappa shape index (κ2) is 6.23. The number of hydrogen-bond donors (Lipinski definition) is 1. The Kier molecular flexibility index (Phi) is 4.39. The minimum absolute atomic E-state index is 0.0563. The van der Waals surface area contributed by atoms with E-state index in [0.29, 0.717) is 12.5 Å². The van der Waals surface area contributed by atoms with Gasteiger partial charge in [-0.05, 0) is 17.4 Å². The van der Waals surface area contributed by atoms with Crippen molar-refractivity contribution in [2.45, 2.75) is 13.8 Å². The lowest BCUT2D eigenvalue weighted by Crippen LogP contribution is -2.31. The number of carbonyl (C=O) groups excluding carboxylic acids is 1. The molecule has 100 valence electrons. The molecule has 19 heavy (non-hydrogen) atoms. The maximum Gasteiger partial charge on any atom is 0.257 e. The van der Waals surface area contributed by atoms with E-state index in [-0.39, 0.29) is 12.5 Å². The Morgan fingerprint density at radius 3 is 2.68 bits per heavy atom. The molecule has 0 aliphatic rings. The maximum atomic E-state index is 11.6. The van der Waals surface area contributed by atoms with E-state index in [1.54, 1.807) is 0 Å². The lowest BCUT2D eigenvalue weighted by Gasteiger charge is -2.10. The number of benzene rings is 2. The Morgan fingerprint density at radius 2 is 1.89 bits per heavy atom. The zero-order valence-electron chi connectivity index (χ0n) is 11.3. The van der Waals surface area contributed by atoms with Crippen molar-refractivity contribution in [3.05, 3.63) is 42.5 Å². The smallest absolute Gasteiger partial charge is 0.257 e. The van der Waals surface area contributed by atoms with Crippen molar-refractivity contribution >= 4 is 16.7 Å². The number of amides is 1. The van der Waals surface area contributed by atoms with Gasteiger partial charge in [-0.2, -0.15) is 0 Å². The van der Waals surface area contributed by atoms with Crippen LogP contribution in [0.25, 0.3) is 10.8 Å². The molecule has 0 aliphatic carbocycles. The van der Waals surface area contributed by atoms with Crippen LogP contribution in [0, 0.1) is 5.92 Å². The number of hydrogen-bond acceptors (Lipinski definition) is 2. The zero-order chi connectivity index (χ0) is 13.7. The molecule has 0 saturated heterocycles. The van der Waals surface area contributed by atoms with Gasteiger partial charge in [0.25, 0.3) is 5.91 Å². The van der Waals surface area contributed by atoms with Crippen molar-refractivity contribution in [1.29, 1.82) is 0 Å². The van der Waals surface area contributed by atoms with E-state index in [2.05, 4.69) is 19.2 Å². The molecule has 1 amide bonds. The molecule has 0 aromatic heterocycles. The number of fused-ring (bicyclic) bond motifs is 1. The molecule has 2 rings (SSSR count). The Bertz CT molecular complexity index is 558.